The normalized spacial score (nSPS) is 16.8. The van der Waals surface area contributed by atoms with Crippen molar-refractivity contribution in [1.82, 2.24) is 10.2 Å². The van der Waals surface area contributed by atoms with E-state index in [2.05, 4.69) is 31.0 Å². The number of rotatable bonds is 4. The topological polar surface area (TPSA) is 70.7 Å². The first kappa shape index (κ1) is 19.7. The predicted molar refractivity (Wildman–Crippen MR) is 105 cm³/mol. The van der Waals surface area contributed by atoms with Crippen LogP contribution in [0, 0.1) is 5.41 Å². The van der Waals surface area contributed by atoms with Crippen LogP contribution in [0.4, 0.5) is 0 Å². The Hall–Kier alpha value is -1.31. The third-order valence-electron chi connectivity index (χ3n) is 3.96. The second-order valence-electron chi connectivity index (χ2n) is 6.57. The van der Waals surface area contributed by atoms with Gasteiger partial charge < -0.3 is 16.0 Å². The third-order valence-corrected chi connectivity index (χ3v) is 3.96. The summed E-state index contributed by atoms with van der Waals surface area (Å²) in [4.78, 5) is 18.1. The second kappa shape index (κ2) is 8.52. The molecule has 2 rings (SSSR count). The number of amides is 1. The smallest absolute Gasteiger partial charge is 0.248 e. The highest BCUT2D eigenvalue weighted by atomic mass is 127. The van der Waals surface area contributed by atoms with Gasteiger partial charge in [0.25, 0.3) is 0 Å². The number of nitrogens with one attached hydrogen (secondary N) is 1. The molecule has 0 aromatic heterocycles. The lowest BCUT2D eigenvalue weighted by Crippen LogP contribution is -2.40. The molecular weight excluding hydrogens is 403 g/mol. The van der Waals surface area contributed by atoms with E-state index in [0.29, 0.717) is 17.5 Å². The minimum absolute atomic E-state index is 0. The van der Waals surface area contributed by atoms with Crippen LogP contribution in [0.15, 0.2) is 29.3 Å². The summed E-state index contributed by atoms with van der Waals surface area (Å²) in [7, 11) is 0. The van der Waals surface area contributed by atoms with Crippen molar-refractivity contribution < 1.29 is 4.79 Å². The number of carbonyl (C=O) groups is 1. The molecule has 0 radical (unpaired) electrons. The molecule has 0 bridgehead atoms. The quantitative estimate of drug-likeness (QED) is 0.438. The van der Waals surface area contributed by atoms with E-state index < -0.39 is 5.91 Å². The SMILES string of the molecule is CCNC(=NCc1ccc(C(N)=O)cc1)N1CCC(C)(C)C1.I. The number of primary amides is 1. The lowest BCUT2D eigenvalue weighted by molar-refractivity contribution is 0.100. The van der Waals surface area contributed by atoms with Crippen molar-refractivity contribution in [1.29, 1.82) is 0 Å². The molecule has 1 saturated heterocycles. The molecule has 0 saturated carbocycles. The summed E-state index contributed by atoms with van der Waals surface area (Å²) in [6.07, 6.45) is 1.19. The Morgan fingerprint density at radius 1 is 1.35 bits per heavy atom. The summed E-state index contributed by atoms with van der Waals surface area (Å²) in [6, 6.07) is 7.31. The first-order valence-electron chi connectivity index (χ1n) is 7.83. The van der Waals surface area contributed by atoms with E-state index in [0.717, 1.165) is 31.2 Å². The molecule has 1 heterocycles. The van der Waals surface area contributed by atoms with Crippen LogP contribution in [-0.2, 0) is 6.54 Å². The molecule has 0 aliphatic carbocycles. The molecule has 6 heteroatoms. The fourth-order valence-electron chi connectivity index (χ4n) is 2.66. The highest BCUT2D eigenvalue weighted by Crippen LogP contribution is 2.28. The lowest BCUT2D eigenvalue weighted by Gasteiger charge is -2.23. The second-order valence-corrected chi connectivity index (χ2v) is 6.57. The van der Waals surface area contributed by atoms with E-state index in [4.69, 9.17) is 10.7 Å². The Morgan fingerprint density at radius 3 is 2.48 bits per heavy atom. The zero-order valence-corrected chi connectivity index (χ0v) is 16.5. The van der Waals surface area contributed by atoms with Gasteiger partial charge in [0, 0.05) is 25.2 Å². The number of aliphatic imine (C=N–C) groups is 1. The van der Waals surface area contributed by atoms with E-state index in [9.17, 15) is 4.79 Å². The van der Waals surface area contributed by atoms with Crippen LogP contribution in [0.2, 0.25) is 0 Å². The zero-order chi connectivity index (χ0) is 16.2. The summed E-state index contributed by atoms with van der Waals surface area (Å²) in [6.45, 7) is 10.2. The van der Waals surface area contributed by atoms with Crippen molar-refractivity contribution in [2.24, 2.45) is 16.1 Å². The van der Waals surface area contributed by atoms with Gasteiger partial charge in [-0.05, 0) is 36.5 Å². The molecule has 1 fully saturated rings. The van der Waals surface area contributed by atoms with Crippen molar-refractivity contribution in [3.8, 4) is 0 Å². The van der Waals surface area contributed by atoms with Crippen molar-refractivity contribution in [3.05, 3.63) is 35.4 Å². The average Bonchev–Trinajstić information content (AvgIpc) is 2.84. The van der Waals surface area contributed by atoms with E-state index in [-0.39, 0.29) is 24.0 Å². The van der Waals surface area contributed by atoms with Crippen molar-refractivity contribution in [2.75, 3.05) is 19.6 Å². The van der Waals surface area contributed by atoms with Crippen molar-refractivity contribution >= 4 is 35.8 Å². The summed E-state index contributed by atoms with van der Waals surface area (Å²) < 4.78 is 0. The van der Waals surface area contributed by atoms with Gasteiger partial charge in [-0.15, -0.1) is 24.0 Å². The molecule has 1 aliphatic heterocycles. The molecule has 1 aromatic rings. The summed E-state index contributed by atoms with van der Waals surface area (Å²) in [5.74, 6) is 0.565. The van der Waals surface area contributed by atoms with Gasteiger partial charge in [0.15, 0.2) is 5.96 Å². The van der Waals surface area contributed by atoms with Crippen LogP contribution in [0.5, 0.6) is 0 Å². The summed E-state index contributed by atoms with van der Waals surface area (Å²) >= 11 is 0. The standard InChI is InChI=1S/C17H26N4O.HI/c1-4-19-16(21-10-9-17(2,3)12-21)20-11-13-5-7-14(8-6-13)15(18)22;/h5-8H,4,9-12H2,1-3H3,(H2,18,22)(H,19,20);1H. The minimum atomic E-state index is -0.400. The van der Waals surface area contributed by atoms with Crippen molar-refractivity contribution in [3.63, 3.8) is 0 Å². The molecule has 0 unspecified atom stereocenters. The Morgan fingerprint density at radius 2 is 2.00 bits per heavy atom. The maximum atomic E-state index is 11.1. The van der Waals surface area contributed by atoms with Gasteiger partial charge in [0.05, 0.1) is 6.54 Å². The molecule has 0 spiro atoms. The highest BCUT2D eigenvalue weighted by Gasteiger charge is 2.30. The van der Waals surface area contributed by atoms with Crippen LogP contribution >= 0.6 is 24.0 Å². The molecule has 1 amide bonds. The molecule has 1 aliphatic rings. The van der Waals surface area contributed by atoms with Gasteiger partial charge >= 0.3 is 0 Å². The number of hydrogen-bond donors (Lipinski definition) is 2. The van der Waals surface area contributed by atoms with Gasteiger partial charge in [0.2, 0.25) is 5.91 Å². The van der Waals surface area contributed by atoms with E-state index in [1.807, 2.05) is 12.1 Å². The highest BCUT2D eigenvalue weighted by molar-refractivity contribution is 14.0. The fourth-order valence-corrected chi connectivity index (χ4v) is 2.66. The molecule has 1 aromatic carbocycles. The molecule has 5 nitrogen and oxygen atoms in total. The summed E-state index contributed by atoms with van der Waals surface area (Å²) in [5.41, 5.74) is 7.19. The number of hydrogen-bond acceptors (Lipinski definition) is 2. The van der Waals surface area contributed by atoms with Gasteiger partial charge in [-0.1, -0.05) is 26.0 Å². The largest absolute Gasteiger partial charge is 0.366 e. The number of carbonyl (C=O) groups excluding carboxylic acids is 1. The number of nitrogens with two attached hydrogens (primary N) is 1. The van der Waals surface area contributed by atoms with Crippen LogP contribution in [-0.4, -0.2) is 36.4 Å². The number of guanidine groups is 1. The van der Waals surface area contributed by atoms with Crippen molar-refractivity contribution in [2.45, 2.75) is 33.7 Å². The van der Waals surface area contributed by atoms with Gasteiger partial charge in [-0.3, -0.25) is 4.79 Å². The zero-order valence-electron chi connectivity index (χ0n) is 14.1. The number of benzene rings is 1. The van der Waals surface area contributed by atoms with Crippen LogP contribution in [0.3, 0.4) is 0 Å². The Balaban J connectivity index is 0.00000264. The molecule has 3 N–H and O–H groups in total. The van der Waals surface area contributed by atoms with Crippen LogP contribution < -0.4 is 11.1 Å². The van der Waals surface area contributed by atoms with Gasteiger partial charge in [-0.25, -0.2) is 4.99 Å². The van der Waals surface area contributed by atoms with Gasteiger partial charge in [0.1, 0.15) is 0 Å². The predicted octanol–water partition coefficient (Wildman–Crippen LogP) is 2.60. The molecule has 23 heavy (non-hydrogen) atoms. The Labute approximate surface area is 155 Å². The lowest BCUT2D eigenvalue weighted by atomic mass is 9.93. The first-order valence-corrected chi connectivity index (χ1v) is 7.83. The monoisotopic (exact) mass is 430 g/mol. The van der Waals surface area contributed by atoms with E-state index in [1.165, 1.54) is 6.42 Å². The molecule has 128 valence electrons. The van der Waals surface area contributed by atoms with E-state index in [1.54, 1.807) is 12.1 Å². The van der Waals surface area contributed by atoms with Crippen LogP contribution in [0.25, 0.3) is 0 Å². The molecule has 0 atom stereocenters. The summed E-state index contributed by atoms with van der Waals surface area (Å²) in [5, 5.41) is 3.36. The van der Waals surface area contributed by atoms with Crippen LogP contribution in [0.1, 0.15) is 43.1 Å². The minimum Gasteiger partial charge on any atom is -0.366 e. The number of nitrogens with zero attached hydrogens (tertiary/aromatic N) is 2. The number of halogens is 1. The fraction of sp³-hybridized carbons (Fsp3) is 0.529. The Kier molecular flexibility index (Phi) is 7.31. The van der Waals surface area contributed by atoms with Gasteiger partial charge in [-0.2, -0.15) is 0 Å². The molecular formula is C17H27IN4O. The first-order chi connectivity index (χ1) is 10.4. The average molecular weight is 430 g/mol. The van der Waals surface area contributed by atoms with E-state index >= 15 is 0 Å². The maximum absolute atomic E-state index is 11.1. The number of likely N-dealkylation sites (tertiary alicyclic amines) is 1. The Bertz CT molecular complexity index is 554. The third kappa shape index (κ3) is 5.67. The maximum Gasteiger partial charge on any atom is 0.248 e.